The van der Waals surface area contributed by atoms with Gasteiger partial charge in [-0.15, -0.1) is 22.7 Å². The molecule has 1 fully saturated rings. The molecule has 0 saturated carbocycles. The maximum Gasteiger partial charge on any atom is 0.164 e. The molecular formula is C26H30N6S2. The molecule has 0 spiro atoms. The summed E-state index contributed by atoms with van der Waals surface area (Å²) in [5.41, 5.74) is 2.44. The van der Waals surface area contributed by atoms with Gasteiger partial charge in [-0.1, -0.05) is 6.07 Å². The van der Waals surface area contributed by atoms with E-state index in [0.717, 1.165) is 67.6 Å². The second-order valence-corrected chi connectivity index (χ2v) is 11.3. The van der Waals surface area contributed by atoms with Gasteiger partial charge < -0.3 is 10.2 Å². The Bertz CT molecular complexity index is 1250. The molecule has 0 amide bonds. The molecule has 176 valence electrons. The highest BCUT2D eigenvalue weighted by Crippen LogP contribution is 2.40. The van der Waals surface area contributed by atoms with Gasteiger partial charge in [-0.3, -0.25) is 9.88 Å². The minimum Gasteiger partial charge on any atom is -0.367 e. The number of fused-ring (bicyclic) bond motifs is 3. The summed E-state index contributed by atoms with van der Waals surface area (Å²) in [6.45, 7) is 5.25. The monoisotopic (exact) mass is 490 g/mol. The van der Waals surface area contributed by atoms with E-state index in [0.29, 0.717) is 6.04 Å². The largest absolute Gasteiger partial charge is 0.367 e. The topological polar surface area (TPSA) is 57.2 Å². The SMILES string of the molecule is CN1CCN([C@@H](CNc2nc(-c3cccnc3)nc3sc4c(c23)CCCC4)c2cccs2)CC1. The molecule has 0 radical (unpaired) electrons. The number of hydrogen-bond donors (Lipinski definition) is 1. The lowest BCUT2D eigenvalue weighted by atomic mass is 9.97. The molecule has 0 aromatic carbocycles. The van der Waals surface area contributed by atoms with Gasteiger partial charge in [0.25, 0.3) is 0 Å². The van der Waals surface area contributed by atoms with Gasteiger partial charge in [0.1, 0.15) is 10.6 Å². The zero-order chi connectivity index (χ0) is 22.9. The fraction of sp³-hybridized carbons (Fsp3) is 0.423. The number of thiophene rings is 2. The fourth-order valence-electron chi connectivity index (χ4n) is 5.13. The summed E-state index contributed by atoms with van der Waals surface area (Å²) in [5, 5.41) is 7.25. The van der Waals surface area contributed by atoms with Crippen molar-refractivity contribution in [3.8, 4) is 11.4 Å². The Labute approximate surface area is 208 Å². The molecule has 8 heteroatoms. The molecule has 2 aliphatic rings. The molecule has 0 unspecified atom stereocenters. The number of rotatable bonds is 6. The first-order valence-electron chi connectivity index (χ1n) is 12.2. The molecule has 6 nitrogen and oxygen atoms in total. The first kappa shape index (κ1) is 22.1. The molecule has 1 atom stereocenters. The van der Waals surface area contributed by atoms with Crippen LogP contribution < -0.4 is 5.32 Å². The average molecular weight is 491 g/mol. The van der Waals surface area contributed by atoms with Crippen LogP contribution in [0.1, 0.15) is 34.2 Å². The molecule has 1 saturated heterocycles. The van der Waals surface area contributed by atoms with Crippen molar-refractivity contribution in [1.29, 1.82) is 0 Å². The Hall–Kier alpha value is -2.39. The lowest BCUT2D eigenvalue weighted by Crippen LogP contribution is -2.47. The molecule has 4 aromatic rings. The van der Waals surface area contributed by atoms with Crippen LogP contribution in [0, 0.1) is 0 Å². The predicted molar refractivity (Wildman–Crippen MR) is 142 cm³/mol. The molecule has 1 aliphatic heterocycles. The number of hydrogen-bond acceptors (Lipinski definition) is 8. The summed E-state index contributed by atoms with van der Waals surface area (Å²) in [4.78, 5) is 23.5. The van der Waals surface area contributed by atoms with Crippen molar-refractivity contribution < 1.29 is 0 Å². The summed E-state index contributed by atoms with van der Waals surface area (Å²) >= 11 is 3.71. The molecule has 4 aromatic heterocycles. The Morgan fingerprint density at radius 3 is 2.74 bits per heavy atom. The maximum absolute atomic E-state index is 5.08. The summed E-state index contributed by atoms with van der Waals surface area (Å²) in [5.74, 6) is 1.74. The molecular weight excluding hydrogens is 460 g/mol. The second-order valence-electron chi connectivity index (χ2n) is 9.28. The number of piperazine rings is 1. The summed E-state index contributed by atoms with van der Waals surface area (Å²) in [6, 6.07) is 8.79. The number of aryl methyl sites for hydroxylation is 2. The lowest BCUT2D eigenvalue weighted by molar-refractivity contribution is 0.118. The van der Waals surface area contributed by atoms with E-state index in [4.69, 9.17) is 9.97 Å². The van der Waals surface area contributed by atoms with Gasteiger partial charge in [-0.2, -0.15) is 0 Å². The van der Waals surface area contributed by atoms with Crippen LogP contribution in [0.5, 0.6) is 0 Å². The Morgan fingerprint density at radius 1 is 1.06 bits per heavy atom. The van der Waals surface area contributed by atoms with Crippen LogP contribution in [0.3, 0.4) is 0 Å². The highest BCUT2D eigenvalue weighted by atomic mass is 32.1. The van der Waals surface area contributed by atoms with E-state index >= 15 is 0 Å². The van der Waals surface area contributed by atoms with Crippen molar-refractivity contribution in [1.82, 2.24) is 24.8 Å². The van der Waals surface area contributed by atoms with E-state index in [9.17, 15) is 0 Å². The minimum atomic E-state index is 0.343. The summed E-state index contributed by atoms with van der Waals surface area (Å²) in [6.07, 6.45) is 8.48. The van der Waals surface area contributed by atoms with E-state index in [-0.39, 0.29) is 0 Å². The Balaban J connectivity index is 1.37. The van der Waals surface area contributed by atoms with Crippen molar-refractivity contribution >= 4 is 38.7 Å². The van der Waals surface area contributed by atoms with E-state index in [1.54, 1.807) is 6.20 Å². The zero-order valence-corrected chi connectivity index (χ0v) is 21.2. The van der Waals surface area contributed by atoms with Gasteiger partial charge in [0, 0.05) is 60.4 Å². The number of likely N-dealkylation sites (N-methyl/N-ethyl adjacent to an activating group) is 1. The Morgan fingerprint density at radius 2 is 1.94 bits per heavy atom. The van der Waals surface area contributed by atoms with Crippen molar-refractivity contribution in [2.45, 2.75) is 31.7 Å². The fourth-order valence-corrected chi connectivity index (χ4v) is 7.25. The van der Waals surface area contributed by atoms with E-state index in [2.05, 4.69) is 44.7 Å². The van der Waals surface area contributed by atoms with E-state index in [1.807, 2.05) is 41.0 Å². The third kappa shape index (κ3) is 4.35. The number of nitrogens with zero attached hydrogens (tertiary/aromatic N) is 5. The van der Waals surface area contributed by atoms with Gasteiger partial charge in [0.05, 0.1) is 11.4 Å². The number of aromatic nitrogens is 3. The number of anilines is 1. The smallest absolute Gasteiger partial charge is 0.164 e. The minimum absolute atomic E-state index is 0.343. The van der Waals surface area contributed by atoms with Crippen LogP contribution in [0.25, 0.3) is 21.6 Å². The van der Waals surface area contributed by atoms with Gasteiger partial charge in [0.15, 0.2) is 5.82 Å². The first-order chi connectivity index (χ1) is 16.8. The van der Waals surface area contributed by atoms with Crippen molar-refractivity contribution in [3.05, 3.63) is 57.4 Å². The molecule has 0 bridgehead atoms. The van der Waals surface area contributed by atoms with Crippen LogP contribution in [-0.4, -0.2) is 64.5 Å². The highest BCUT2D eigenvalue weighted by molar-refractivity contribution is 7.19. The molecule has 5 heterocycles. The van der Waals surface area contributed by atoms with Gasteiger partial charge in [0.2, 0.25) is 0 Å². The number of nitrogens with one attached hydrogen (secondary N) is 1. The lowest BCUT2D eigenvalue weighted by Gasteiger charge is -2.37. The van der Waals surface area contributed by atoms with Gasteiger partial charge in [-0.25, -0.2) is 9.97 Å². The van der Waals surface area contributed by atoms with Gasteiger partial charge in [-0.05, 0) is 61.9 Å². The third-order valence-electron chi connectivity index (χ3n) is 7.05. The predicted octanol–water partition coefficient (Wildman–Crippen LogP) is 5.09. The van der Waals surface area contributed by atoms with Crippen LogP contribution in [0.2, 0.25) is 0 Å². The standard InChI is InChI=1S/C26H30N6S2/c1-31-11-13-32(14-12-31)20(22-9-5-15-33-22)17-28-25-23-19-7-2-3-8-21(19)34-26(23)30-24(29-25)18-6-4-10-27-16-18/h4-6,9-10,15-16,20H,2-3,7-8,11-14,17H2,1H3,(H,28,29,30)/t20-/m0/s1. The zero-order valence-electron chi connectivity index (χ0n) is 19.5. The molecule has 6 rings (SSSR count). The molecule has 1 aliphatic carbocycles. The molecule has 1 N–H and O–H groups in total. The van der Waals surface area contributed by atoms with E-state index in [1.165, 1.54) is 33.5 Å². The summed E-state index contributed by atoms with van der Waals surface area (Å²) < 4.78 is 0. The van der Waals surface area contributed by atoms with Crippen LogP contribution in [-0.2, 0) is 12.8 Å². The second kappa shape index (κ2) is 9.70. The highest BCUT2D eigenvalue weighted by Gasteiger charge is 2.26. The Kier molecular flexibility index (Phi) is 6.30. The first-order valence-corrected chi connectivity index (χ1v) is 13.9. The summed E-state index contributed by atoms with van der Waals surface area (Å²) in [7, 11) is 2.22. The van der Waals surface area contributed by atoms with Crippen molar-refractivity contribution in [2.75, 3.05) is 45.1 Å². The van der Waals surface area contributed by atoms with Crippen LogP contribution in [0.15, 0.2) is 42.0 Å². The van der Waals surface area contributed by atoms with Gasteiger partial charge >= 0.3 is 0 Å². The van der Waals surface area contributed by atoms with Crippen molar-refractivity contribution in [3.63, 3.8) is 0 Å². The number of pyridine rings is 1. The van der Waals surface area contributed by atoms with Crippen LogP contribution in [0.4, 0.5) is 5.82 Å². The normalized spacial score (nSPS) is 18.1. The average Bonchev–Trinajstić information content (AvgIpc) is 3.54. The molecule has 34 heavy (non-hydrogen) atoms. The van der Waals surface area contributed by atoms with Crippen LogP contribution >= 0.6 is 22.7 Å². The third-order valence-corrected chi connectivity index (χ3v) is 9.21. The van der Waals surface area contributed by atoms with Crippen molar-refractivity contribution in [2.24, 2.45) is 0 Å². The maximum atomic E-state index is 5.08. The van der Waals surface area contributed by atoms with E-state index < -0.39 is 0 Å². The quantitative estimate of drug-likeness (QED) is 0.406.